The van der Waals surface area contributed by atoms with Gasteiger partial charge in [0.2, 0.25) is 0 Å². The number of hydrogen-bond donors (Lipinski definition) is 2. The minimum absolute atomic E-state index is 0.0985. The number of carboxylic acids is 1. The first-order valence-corrected chi connectivity index (χ1v) is 11.9. The number of carbonyl (C=O) groups excluding carboxylic acids is 1. The lowest BCUT2D eigenvalue weighted by Crippen LogP contribution is -2.26. The van der Waals surface area contributed by atoms with E-state index in [1.54, 1.807) is 13.1 Å². The van der Waals surface area contributed by atoms with Gasteiger partial charge in [0.25, 0.3) is 5.91 Å². The molecule has 5 nitrogen and oxygen atoms in total. The lowest BCUT2D eigenvalue weighted by atomic mass is 9.94. The summed E-state index contributed by atoms with van der Waals surface area (Å²) in [6, 6.07) is 21.2. The van der Waals surface area contributed by atoms with Crippen LogP contribution in [-0.2, 0) is 17.6 Å². The molecule has 6 heteroatoms. The number of fused-ring (bicyclic) bond motifs is 1. The monoisotopic (exact) mass is 486 g/mol. The Hall–Kier alpha value is -3.70. The Balaban J connectivity index is 1.48. The molecule has 0 aliphatic heterocycles. The number of amides is 1. The van der Waals surface area contributed by atoms with Crippen molar-refractivity contribution >= 4 is 34.2 Å². The molecule has 0 saturated heterocycles. The number of halogens is 1. The quantitative estimate of drug-likeness (QED) is 0.322. The van der Waals surface area contributed by atoms with Gasteiger partial charge in [0.15, 0.2) is 0 Å². The van der Waals surface area contributed by atoms with E-state index in [-0.39, 0.29) is 5.91 Å². The Morgan fingerprint density at radius 1 is 1.00 bits per heavy atom. The Bertz CT molecular complexity index is 1380. The number of rotatable bonds is 8. The van der Waals surface area contributed by atoms with E-state index < -0.39 is 11.9 Å². The third-order valence-electron chi connectivity index (χ3n) is 6.26. The van der Waals surface area contributed by atoms with Gasteiger partial charge in [-0.1, -0.05) is 60.1 Å². The van der Waals surface area contributed by atoms with Gasteiger partial charge in [-0.3, -0.25) is 14.6 Å². The van der Waals surface area contributed by atoms with Crippen LogP contribution in [0.25, 0.3) is 10.8 Å². The Labute approximate surface area is 209 Å². The van der Waals surface area contributed by atoms with Crippen molar-refractivity contribution in [3.63, 3.8) is 0 Å². The number of hydrogen-bond acceptors (Lipinski definition) is 3. The van der Waals surface area contributed by atoms with Gasteiger partial charge in [-0.25, -0.2) is 0 Å². The molecule has 3 aromatic carbocycles. The zero-order valence-corrected chi connectivity index (χ0v) is 20.5. The molecule has 1 heterocycles. The highest BCUT2D eigenvalue weighted by atomic mass is 35.5. The van der Waals surface area contributed by atoms with E-state index >= 15 is 0 Å². The predicted octanol–water partition coefficient (Wildman–Crippen LogP) is 5.95. The number of aromatic nitrogens is 1. The first-order chi connectivity index (χ1) is 16.8. The molecule has 4 aromatic rings. The summed E-state index contributed by atoms with van der Waals surface area (Å²) in [5, 5.41) is 15.0. The number of nitrogens with zero attached hydrogens (tertiary/aromatic N) is 1. The average molecular weight is 487 g/mol. The molecule has 1 aromatic heterocycles. The highest BCUT2D eigenvalue weighted by Crippen LogP contribution is 2.28. The van der Waals surface area contributed by atoms with Crippen molar-refractivity contribution in [2.45, 2.75) is 32.6 Å². The summed E-state index contributed by atoms with van der Waals surface area (Å²) >= 11 is 5.92. The lowest BCUT2D eigenvalue weighted by molar-refractivity contribution is -0.138. The maximum Gasteiger partial charge on any atom is 0.310 e. The van der Waals surface area contributed by atoms with Gasteiger partial charge < -0.3 is 10.4 Å². The molecule has 35 heavy (non-hydrogen) atoms. The molecule has 0 bridgehead atoms. The molecule has 0 saturated carbocycles. The third-order valence-corrected chi connectivity index (χ3v) is 6.52. The third kappa shape index (κ3) is 5.69. The second kappa shape index (κ2) is 10.7. The number of carbonyl (C=O) groups is 2. The second-order valence-corrected chi connectivity index (χ2v) is 9.16. The summed E-state index contributed by atoms with van der Waals surface area (Å²) in [5.41, 5.74) is 5.28. The number of nitrogens with one attached hydrogen (secondary N) is 1. The van der Waals surface area contributed by atoms with E-state index in [2.05, 4.69) is 10.3 Å². The highest BCUT2D eigenvalue weighted by molar-refractivity contribution is 6.30. The van der Waals surface area contributed by atoms with E-state index in [0.29, 0.717) is 29.1 Å². The Morgan fingerprint density at radius 2 is 1.69 bits per heavy atom. The van der Waals surface area contributed by atoms with Crippen LogP contribution in [0.1, 0.15) is 51.1 Å². The summed E-state index contributed by atoms with van der Waals surface area (Å²) in [4.78, 5) is 28.9. The van der Waals surface area contributed by atoms with Crippen LogP contribution in [0.5, 0.6) is 0 Å². The van der Waals surface area contributed by atoms with E-state index in [1.165, 1.54) is 0 Å². The summed E-state index contributed by atoms with van der Waals surface area (Å²) in [6.45, 7) is 4.15. The maximum atomic E-state index is 12.7. The lowest BCUT2D eigenvalue weighted by Gasteiger charge is -2.14. The van der Waals surface area contributed by atoms with Gasteiger partial charge in [0, 0.05) is 35.1 Å². The molecule has 4 rings (SSSR count). The summed E-state index contributed by atoms with van der Waals surface area (Å²) in [7, 11) is 0. The molecule has 0 radical (unpaired) electrons. The smallest absolute Gasteiger partial charge is 0.310 e. The van der Waals surface area contributed by atoms with Gasteiger partial charge in [0.1, 0.15) is 0 Å². The highest BCUT2D eigenvalue weighted by Gasteiger charge is 2.18. The van der Waals surface area contributed by atoms with Crippen LogP contribution in [0.2, 0.25) is 5.02 Å². The topological polar surface area (TPSA) is 79.3 Å². The molecular weight excluding hydrogens is 460 g/mol. The molecule has 0 spiro atoms. The fourth-order valence-corrected chi connectivity index (χ4v) is 4.37. The average Bonchev–Trinajstić information content (AvgIpc) is 2.85. The molecule has 2 N–H and O–H groups in total. The van der Waals surface area contributed by atoms with Crippen molar-refractivity contribution in [1.29, 1.82) is 0 Å². The maximum absolute atomic E-state index is 12.7. The summed E-state index contributed by atoms with van der Waals surface area (Å²) < 4.78 is 0. The first-order valence-electron chi connectivity index (χ1n) is 11.5. The van der Waals surface area contributed by atoms with Gasteiger partial charge in [-0.15, -0.1) is 0 Å². The van der Waals surface area contributed by atoms with Crippen molar-refractivity contribution in [2.24, 2.45) is 0 Å². The minimum atomic E-state index is -0.873. The van der Waals surface area contributed by atoms with Crippen molar-refractivity contribution in [3.05, 3.63) is 111 Å². The van der Waals surface area contributed by atoms with Crippen molar-refractivity contribution in [3.8, 4) is 0 Å². The Morgan fingerprint density at radius 3 is 2.37 bits per heavy atom. The zero-order valence-electron chi connectivity index (χ0n) is 19.7. The number of benzene rings is 3. The van der Waals surface area contributed by atoms with Gasteiger partial charge in [-0.05, 0) is 66.1 Å². The molecule has 0 aliphatic rings. The largest absolute Gasteiger partial charge is 0.481 e. The van der Waals surface area contributed by atoms with Gasteiger partial charge >= 0.3 is 5.97 Å². The standard InChI is InChI=1S/C29H27ClN2O3/c1-18-15-21(9-12-23(18)28(33)31-14-13-20-7-10-22(30)11-8-20)16-27-25-6-4-3-5-24(25)26(17-32-27)19(2)29(34)35/h3-12,15,17,19H,13-14,16H2,1-2H3,(H,31,33)(H,34,35). The molecule has 1 amide bonds. The normalized spacial score (nSPS) is 11.9. The van der Waals surface area contributed by atoms with Gasteiger partial charge in [-0.2, -0.15) is 0 Å². The van der Waals surface area contributed by atoms with Crippen molar-refractivity contribution in [1.82, 2.24) is 10.3 Å². The molecule has 0 fully saturated rings. The summed E-state index contributed by atoms with van der Waals surface area (Å²) in [6.07, 6.45) is 2.99. The fraction of sp³-hybridized carbons (Fsp3) is 0.207. The number of carboxylic acid groups (broad SMARTS) is 1. The number of pyridine rings is 1. The number of aryl methyl sites for hydroxylation is 1. The van der Waals surface area contributed by atoms with E-state index in [9.17, 15) is 14.7 Å². The Kier molecular flexibility index (Phi) is 7.47. The van der Waals surface area contributed by atoms with Crippen LogP contribution in [0.15, 0.2) is 72.9 Å². The molecular formula is C29H27ClN2O3. The number of aliphatic carboxylic acids is 1. The van der Waals surface area contributed by atoms with E-state index in [0.717, 1.165) is 39.6 Å². The van der Waals surface area contributed by atoms with Gasteiger partial charge in [0.05, 0.1) is 11.6 Å². The molecule has 178 valence electrons. The molecule has 1 atom stereocenters. The SMILES string of the molecule is Cc1cc(Cc2ncc(C(C)C(=O)O)c3ccccc23)ccc1C(=O)NCCc1ccc(Cl)cc1. The minimum Gasteiger partial charge on any atom is -0.481 e. The van der Waals surface area contributed by atoms with Crippen LogP contribution < -0.4 is 5.32 Å². The van der Waals surface area contributed by atoms with E-state index in [1.807, 2.05) is 73.7 Å². The fourth-order valence-electron chi connectivity index (χ4n) is 4.24. The molecule has 1 unspecified atom stereocenters. The van der Waals surface area contributed by atoms with Crippen LogP contribution in [0.4, 0.5) is 0 Å². The second-order valence-electron chi connectivity index (χ2n) is 8.72. The van der Waals surface area contributed by atoms with Crippen molar-refractivity contribution in [2.75, 3.05) is 6.54 Å². The van der Waals surface area contributed by atoms with Crippen LogP contribution >= 0.6 is 11.6 Å². The first kappa shape index (κ1) is 24.4. The zero-order chi connectivity index (χ0) is 24.9. The van der Waals surface area contributed by atoms with Crippen LogP contribution in [0.3, 0.4) is 0 Å². The van der Waals surface area contributed by atoms with Crippen LogP contribution in [0, 0.1) is 6.92 Å². The predicted molar refractivity (Wildman–Crippen MR) is 139 cm³/mol. The summed E-state index contributed by atoms with van der Waals surface area (Å²) in [5.74, 6) is -1.61. The molecule has 0 aliphatic carbocycles. The van der Waals surface area contributed by atoms with E-state index in [4.69, 9.17) is 11.6 Å². The van der Waals surface area contributed by atoms with Crippen molar-refractivity contribution < 1.29 is 14.7 Å². The van der Waals surface area contributed by atoms with Crippen LogP contribution in [-0.4, -0.2) is 28.5 Å².